The second-order valence-corrected chi connectivity index (χ2v) is 8.00. The van der Waals surface area contributed by atoms with E-state index in [2.05, 4.69) is 17.4 Å². The summed E-state index contributed by atoms with van der Waals surface area (Å²) in [5.74, 6) is 0. The van der Waals surface area contributed by atoms with Crippen LogP contribution < -0.4 is 5.32 Å². The smallest absolute Gasteiger partial charge is 0.158 e. The Bertz CT molecular complexity index is 553. The Morgan fingerprint density at radius 2 is 2.06 bits per heavy atom. The molecule has 0 amide bonds. The minimum absolute atomic E-state index is 0.00935. The predicted octanol–water partition coefficient (Wildman–Crippen LogP) is 1.84. The van der Waals surface area contributed by atoms with Gasteiger partial charge >= 0.3 is 0 Å². The molecule has 4 heteroatoms. The van der Waals surface area contributed by atoms with Gasteiger partial charge in [-0.05, 0) is 37.3 Å². The zero-order valence-electron chi connectivity index (χ0n) is 10.6. The average molecular weight is 265 g/mol. The summed E-state index contributed by atoms with van der Waals surface area (Å²) in [6.45, 7) is 2.38. The lowest BCUT2D eigenvalue weighted by Crippen LogP contribution is -2.50. The Balaban J connectivity index is 2.08. The molecule has 1 aromatic carbocycles. The summed E-state index contributed by atoms with van der Waals surface area (Å²) in [7, 11) is -2.99. The van der Waals surface area contributed by atoms with Gasteiger partial charge in [-0.2, -0.15) is 0 Å². The van der Waals surface area contributed by atoms with Crippen molar-refractivity contribution in [2.24, 2.45) is 0 Å². The van der Waals surface area contributed by atoms with Crippen LogP contribution in [0, 0.1) is 0 Å². The zero-order valence-corrected chi connectivity index (χ0v) is 11.4. The molecule has 0 bridgehead atoms. The maximum Gasteiger partial charge on any atom is 0.158 e. The number of rotatable bonds is 0. The molecule has 3 nitrogen and oxygen atoms in total. The average Bonchev–Trinajstić information content (AvgIpc) is 2.54. The summed E-state index contributed by atoms with van der Waals surface area (Å²) in [5, 5.41) is 2.94. The van der Waals surface area contributed by atoms with Gasteiger partial charge in [0.2, 0.25) is 0 Å². The van der Waals surface area contributed by atoms with Crippen LogP contribution in [0.2, 0.25) is 0 Å². The molecule has 1 saturated heterocycles. The lowest BCUT2D eigenvalue weighted by atomic mass is 9.98. The summed E-state index contributed by atoms with van der Waals surface area (Å²) >= 11 is 0. The van der Waals surface area contributed by atoms with E-state index in [0.717, 1.165) is 19.3 Å². The van der Waals surface area contributed by atoms with Crippen LogP contribution in [0.5, 0.6) is 0 Å². The van der Waals surface area contributed by atoms with Gasteiger partial charge in [-0.15, -0.1) is 0 Å². The first-order valence-corrected chi connectivity index (χ1v) is 8.25. The fourth-order valence-corrected chi connectivity index (χ4v) is 5.27. The van der Waals surface area contributed by atoms with E-state index in [0.29, 0.717) is 6.54 Å². The van der Waals surface area contributed by atoms with Crippen LogP contribution in [0.4, 0.5) is 0 Å². The lowest BCUT2D eigenvalue weighted by Gasteiger charge is -2.35. The number of aryl methyl sites for hydroxylation is 1. The van der Waals surface area contributed by atoms with Crippen molar-refractivity contribution in [3.8, 4) is 0 Å². The first-order valence-electron chi connectivity index (χ1n) is 6.64. The van der Waals surface area contributed by atoms with E-state index in [1.807, 2.05) is 19.1 Å². The van der Waals surface area contributed by atoms with Crippen LogP contribution in [-0.4, -0.2) is 25.5 Å². The summed E-state index contributed by atoms with van der Waals surface area (Å²) in [5.41, 5.74) is 2.50. The van der Waals surface area contributed by atoms with Crippen molar-refractivity contribution >= 4 is 9.84 Å². The highest BCUT2D eigenvalue weighted by atomic mass is 32.2. The Morgan fingerprint density at radius 1 is 1.28 bits per heavy atom. The molecule has 0 aromatic heterocycles. The fraction of sp³-hybridized carbons (Fsp3) is 0.571. The number of hydrogen-bond acceptors (Lipinski definition) is 3. The van der Waals surface area contributed by atoms with Crippen LogP contribution in [0.15, 0.2) is 24.3 Å². The van der Waals surface area contributed by atoms with E-state index in [1.54, 1.807) is 0 Å². The van der Waals surface area contributed by atoms with Crippen molar-refractivity contribution in [3.63, 3.8) is 0 Å². The summed E-state index contributed by atoms with van der Waals surface area (Å²) in [4.78, 5) is 0. The van der Waals surface area contributed by atoms with E-state index >= 15 is 0 Å². The number of benzene rings is 1. The van der Waals surface area contributed by atoms with Crippen molar-refractivity contribution in [2.75, 3.05) is 6.54 Å². The minimum atomic E-state index is -2.99. The predicted molar refractivity (Wildman–Crippen MR) is 72.3 cm³/mol. The highest BCUT2D eigenvalue weighted by Gasteiger charge is 2.43. The van der Waals surface area contributed by atoms with Gasteiger partial charge in [-0.3, -0.25) is 0 Å². The van der Waals surface area contributed by atoms with Gasteiger partial charge in [0.1, 0.15) is 0 Å². The van der Waals surface area contributed by atoms with E-state index < -0.39 is 9.84 Å². The van der Waals surface area contributed by atoms with Gasteiger partial charge in [-0.25, -0.2) is 8.42 Å². The number of sulfone groups is 1. The third-order valence-corrected chi connectivity index (χ3v) is 6.94. The Morgan fingerprint density at radius 3 is 2.89 bits per heavy atom. The lowest BCUT2D eigenvalue weighted by molar-refractivity contribution is 0.436. The van der Waals surface area contributed by atoms with Crippen LogP contribution in [0.25, 0.3) is 0 Å². The molecule has 18 heavy (non-hydrogen) atoms. The van der Waals surface area contributed by atoms with Gasteiger partial charge in [-0.1, -0.05) is 24.3 Å². The van der Waals surface area contributed by atoms with Gasteiger partial charge in [0, 0.05) is 12.6 Å². The molecule has 1 aromatic rings. The normalized spacial score (nSPS) is 34.2. The molecule has 3 atom stereocenters. The van der Waals surface area contributed by atoms with E-state index in [-0.39, 0.29) is 16.5 Å². The molecule has 3 unspecified atom stereocenters. The van der Waals surface area contributed by atoms with Gasteiger partial charge in [0.05, 0.1) is 10.5 Å². The third kappa shape index (κ3) is 1.79. The van der Waals surface area contributed by atoms with Crippen molar-refractivity contribution < 1.29 is 8.42 Å². The van der Waals surface area contributed by atoms with E-state index in [9.17, 15) is 8.42 Å². The molecule has 0 spiro atoms. The monoisotopic (exact) mass is 265 g/mol. The molecular weight excluding hydrogens is 246 g/mol. The summed E-state index contributed by atoms with van der Waals surface area (Å²) in [6, 6.07) is 8.25. The summed E-state index contributed by atoms with van der Waals surface area (Å²) in [6.07, 6.45) is 2.74. The molecule has 2 aliphatic rings. The molecule has 0 saturated carbocycles. The number of hydrogen-bond donors (Lipinski definition) is 1. The van der Waals surface area contributed by atoms with Crippen molar-refractivity contribution in [2.45, 2.75) is 42.7 Å². The second kappa shape index (κ2) is 4.35. The van der Waals surface area contributed by atoms with Crippen LogP contribution in [0.3, 0.4) is 0 Å². The number of nitrogens with one attached hydrogen (secondary N) is 1. The first kappa shape index (κ1) is 12.2. The highest BCUT2D eigenvalue weighted by Crippen LogP contribution is 2.36. The quantitative estimate of drug-likeness (QED) is 0.778. The van der Waals surface area contributed by atoms with Crippen LogP contribution in [0.1, 0.15) is 36.9 Å². The molecular formula is C14H19NO2S. The Labute approximate surface area is 109 Å². The molecule has 3 rings (SSSR count). The Kier molecular flexibility index (Phi) is 2.94. The fourth-order valence-electron chi connectivity index (χ4n) is 3.23. The number of fused-ring (bicyclic) bond motifs is 3. The van der Waals surface area contributed by atoms with E-state index in [4.69, 9.17) is 0 Å². The molecule has 0 radical (unpaired) electrons. The third-order valence-electron chi connectivity index (χ3n) is 4.30. The van der Waals surface area contributed by atoms with Crippen molar-refractivity contribution in [1.82, 2.24) is 5.32 Å². The van der Waals surface area contributed by atoms with Crippen molar-refractivity contribution in [3.05, 3.63) is 35.4 Å². The Hall–Kier alpha value is -0.870. The summed E-state index contributed by atoms with van der Waals surface area (Å²) < 4.78 is 24.9. The first-order chi connectivity index (χ1) is 8.60. The molecule has 1 heterocycles. The molecule has 1 aliphatic carbocycles. The highest BCUT2D eigenvalue weighted by molar-refractivity contribution is 7.92. The zero-order chi connectivity index (χ0) is 12.8. The van der Waals surface area contributed by atoms with Crippen LogP contribution in [-0.2, 0) is 16.3 Å². The van der Waals surface area contributed by atoms with Crippen LogP contribution >= 0.6 is 0 Å². The van der Waals surface area contributed by atoms with E-state index in [1.165, 1.54) is 11.1 Å². The largest absolute Gasteiger partial charge is 0.308 e. The standard InChI is InChI=1S/C14H19NO2S/c1-10-9-15-14-12-7-3-2-5-11(12)6-4-8-13(14)18(10,16)17/h2-3,5,7,10,13-15H,4,6,8-9H2,1H3. The molecule has 98 valence electrons. The maximum absolute atomic E-state index is 12.5. The van der Waals surface area contributed by atoms with Gasteiger partial charge in [0.25, 0.3) is 0 Å². The topological polar surface area (TPSA) is 46.2 Å². The van der Waals surface area contributed by atoms with Crippen molar-refractivity contribution in [1.29, 1.82) is 0 Å². The van der Waals surface area contributed by atoms with Gasteiger partial charge < -0.3 is 5.32 Å². The molecule has 1 fully saturated rings. The second-order valence-electron chi connectivity index (χ2n) is 5.42. The maximum atomic E-state index is 12.5. The minimum Gasteiger partial charge on any atom is -0.308 e. The molecule has 1 N–H and O–H groups in total. The van der Waals surface area contributed by atoms with Gasteiger partial charge in [0.15, 0.2) is 9.84 Å². The molecule has 1 aliphatic heterocycles. The SMILES string of the molecule is CC1CNC2c3ccccc3CCCC2S1(=O)=O.